The summed E-state index contributed by atoms with van der Waals surface area (Å²) in [5, 5.41) is 4.55. The average Bonchev–Trinajstić information content (AvgIpc) is 3.51. The Labute approximate surface area is 202 Å². The van der Waals surface area contributed by atoms with Crippen LogP contribution in [0.1, 0.15) is 11.1 Å². The number of nitrogens with zero attached hydrogens (tertiary/aromatic N) is 1. The maximum atomic E-state index is 12.3. The van der Waals surface area contributed by atoms with Gasteiger partial charge in [-0.3, -0.25) is 34.6 Å². The summed E-state index contributed by atoms with van der Waals surface area (Å²) >= 11 is 1.88. The van der Waals surface area contributed by atoms with E-state index in [2.05, 4.69) is 10.6 Å². The summed E-state index contributed by atoms with van der Waals surface area (Å²) in [6.07, 6.45) is 6.50. The summed E-state index contributed by atoms with van der Waals surface area (Å²) in [5.74, 6) is -0.356. The van der Waals surface area contributed by atoms with Crippen LogP contribution in [0.5, 0.6) is 0 Å². The third-order valence-electron chi connectivity index (χ3n) is 4.87. The third kappa shape index (κ3) is 5.95. The van der Waals surface area contributed by atoms with Gasteiger partial charge in [0.25, 0.3) is 16.4 Å². The molecule has 0 atom stereocenters. The zero-order valence-electron chi connectivity index (χ0n) is 17.7. The van der Waals surface area contributed by atoms with E-state index in [0.29, 0.717) is 42.5 Å². The highest BCUT2D eigenvalue weighted by atomic mass is 32.2. The van der Waals surface area contributed by atoms with Crippen LogP contribution in [0, 0.1) is 0 Å². The van der Waals surface area contributed by atoms with Crippen molar-refractivity contribution >= 4 is 74.8 Å². The molecule has 3 aliphatic rings. The topological polar surface area (TPSA) is 135 Å². The van der Waals surface area contributed by atoms with Gasteiger partial charge in [-0.1, -0.05) is 17.8 Å². The van der Waals surface area contributed by atoms with Gasteiger partial charge in [0.1, 0.15) is 5.58 Å². The van der Waals surface area contributed by atoms with E-state index in [1.807, 2.05) is 12.1 Å². The molecule has 4 heterocycles. The van der Waals surface area contributed by atoms with Gasteiger partial charge in [0.15, 0.2) is 0 Å². The molecule has 34 heavy (non-hydrogen) atoms. The molecule has 3 fully saturated rings. The van der Waals surface area contributed by atoms with Gasteiger partial charge >= 0.3 is 0 Å². The minimum Gasteiger partial charge on any atom is -0.464 e. The smallest absolute Gasteiger partial charge is 0.290 e. The van der Waals surface area contributed by atoms with Crippen LogP contribution in [0.15, 0.2) is 39.9 Å². The van der Waals surface area contributed by atoms with E-state index < -0.39 is 5.91 Å². The Morgan fingerprint density at radius 3 is 2.47 bits per heavy atom. The molecule has 0 saturated carbocycles. The second-order valence-corrected chi connectivity index (χ2v) is 9.16. The number of rotatable bonds is 3. The zero-order valence-corrected chi connectivity index (χ0v) is 19.3. The second-order valence-electron chi connectivity index (χ2n) is 7.19. The van der Waals surface area contributed by atoms with Crippen molar-refractivity contribution in [2.24, 2.45) is 0 Å². The van der Waals surface area contributed by atoms with Crippen molar-refractivity contribution in [3.8, 4) is 0 Å². The molecule has 3 saturated heterocycles. The number of carbonyl (C=O) groups is 5. The van der Waals surface area contributed by atoms with Gasteiger partial charge in [-0.25, -0.2) is 0 Å². The number of morpholine rings is 1. The van der Waals surface area contributed by atoms with Crippen LogP contribution in [-0.2, 0) is 19.1 Å². The van der Waals surface area contributed by atoms with Crippen molar-refractivity contribution in [2.75, 3.05) is 32.1 Å². The van der Waals surface area contributed by atoms with Gasteiger partial charge in [-0.2, -0.15) is 0 Å². The van der Waals surface area contributed by atoms with Crippen molar-refractivity contribution in [1.29, 1.82) is 0 Å². The van der Waals surface area contributed by atoms with Gasteiger partial charge in [0.2, 0.25) is 11.8 Å². The molecule has 0 radical (unpaired) electrons. The molecular weight excluding hydrogens is 482 g/mol. The van der Waals surface area contributed by atoms with E-state index >= 15 is 0 Å². The predicted octanol–water partition coefficient (Wildman–Crippen LogP) is 2.60. The maximum Gasteiger partial charge on any atom is 0.290 e. The first-order chi connectivity index (χ1) is 16.4. The summed E-state index contributed by atoms with van der Waals surface area (Å²) in [7, 11) is 0. The Hall–Kier alpha value is -3.35. The van der Waals surface area contributed by atoms with Crippen LogP contribution in [0.25, 0.3) is 23.1 Å². The van der Waals surface area contributed by atoms with E-state index in [9.17, 15) is 24.0 Å². The summed E-state index contributed by atoms with van der Waals surface area (Å²) in [6.45, 7) is 2.29. The van der Waals surface area contributed by atoms with Crippen molar-refractivity contribution in [1.82, 2.24) is 15.5 Å². The van der Waals surface area contributed by atoms with Gasteiger partial charge in [-0.15, -0.1) is 0 Å². The first-order valence-electron chi connectivity index (χ1n) is 10.2. The molecule has 176 valence electrons. The largest absolute Gasteiger partial charge is 0.464 e. The number of thioether (sulfide) groups is 2. The Balaban J connectivity index is 0.000000336. The highest BCUT2D eigenvalue weighted by Crippen LogP contribution is 2.28. The maximum absolute atomic E-state index is 12.3. The standard InChI is InChI=1S/C19H16N2O5S.C3H3NO2S/c22-17(21-5-7-25-8-6-21)4-2-13-11-26-15-3-1-12(9-14(13)15)10-16-18(23)20-19(24)27-16;5-2-1-7-3(6)4-2/h1-4,9-11H,5-8H2,(H,20,23,24);1H2,(H,4,5,6). The van der Waals surface area contributed by atoms with Crippen LogP contribution in [0.2, 0.25) is 0 Å². The van der Waals surface area contributed by atoms with Crippen molar-refractivity contribution in [3.63, 3.8) is 0 Å². The van der Waals surface area contributed by atoms with Crippen LogP contribution >= 0.6 is 23.5 Å². The molecule has 10 nitrogen and oxygen atoms in total. The summed E-state index contributed by atoms with van der Waals surface area (Å²) in [5.41, 5.74) is 2.21. The molecule has 2 aromatic rings. The van der Waals surface area contributed by atoms with Crippen LogP contribution < -0.4 is 10.6 Å². The molecule has 2 N–H and O–H groups in total. The summed E-state index contributed by atoms with van der Waals surface area (Å²) < 4.78 is 10.8. The summed E-state index contributed by atoms with van der Waals surface area (Å²) in [4.78, 5) is 57.5. The lowest BCUT2D eigenvalue weighted by Gasteiger charge is -2.25. The van der Waals surface area contributed by atoms with Crippen LogP contribution in [-0.4, -0.2) is 65.2 Å². The van der Waals surface area contributed by atoms with E-state index in [1.165, 1.54) is 6.08 Å². The number of fused-ring (bicyclic) bond motifs is 1. The minimum absolute atomic E-state index is 0.0662. The molecule has 12 heteroatoms. The zero-order chi connectivity index (χ0) is 24.1. The predicted molar refractivity (Wildman–Crippen MR) is 128 cm³/mol. The van der Waals surface area contributed by atoms with Gasteiger partial charge in [0.05, 0.1) is 30.1 Å². The van der Waals surface area contributed by atoms with Gasteiger partial charge < -0.3 is 14.1 Å². The molecule has 0 spiro atoms. The summed E-state index contributed by atoms with van der Waals surface area (Å²) in [6, 6.07) is 5.46. The van der Waals surface area contributed by atoms with Crippen molar-refractivity contribution < 1.29 is 33.1 Å². The fourth-order valence-electron chi connectivity index (χ4n) is 3.22. The van der Waals surface area contributed by atoms with Crippen molar-refractivity contribution in [3.05, 3.63) is 46.6 Å². The Bertz CT molecular complexity index is 1210. The van der Waals surface area contributed by atoms with Crippen LogP contribution in [0.4, 0.5) is 9.59 Å². The first kappa shape index (κ1) is 23.8. The molecular formula is C22H19N3O7S2. The molecule has 1 aromatic carbocycles. The average molecular weight is 502 g/mol. The quantitative estimate of drug-likeness (QED) is 0.609. The highest BCUT2D eigenvalue weighted by molar-refractivity contribution is 8.18. The lowest BCUT2D eigenvalue weighted by molar-refractivity contribution is -0.129. The molecule has 3 aliphatic heterocycles. The first-order valence-corrected chi connectivity index (χ1v) is 12.0. The van der Waals surface area contributed by atoms with E-state index in [4.69, 9.17) is 9.15 Å². The Morgan fingerprint density at radius 2 is 1.85 bits per heavy atom. The number of hydrogen-bond acceptors (Lipinski definition) is 9. The number of nitrogens with one attached hydrogen (secondary N) is 2. The number of hydrogen-bond donors (Lipinski definition) is 2. The molecule has 0 unspecified atom stereocenters. The number of benzene rings is 1. The second kappa shape index (κ2) is 10.7. The molecule has 5 rings (SSSR count). The SMILES string of the molecule is O=C1CSC(=O)N1.O=C1NC(=O)C(=Cc2ccc3occ(C=CC(=O)N4CCOCC4)c3c2)S1. The minimum atomic E-state index is -0.395. The third-order valence-corrected chi connectivity index (χ3v) is 6.45. The fraction of sp³-hybridized carbons (Fsp3) is 0.227. The molecule has 0 bridgehead atoms. The number of carbonyl (C=O) groups excluding carboxylic acids is 5. The van der Waals surface area contributed by atoms with Crippen molar-refractivity contribution in [2.45, 2.75) is 0 Å². The lowest BCUT2D eigenvalue weighted by Crippen LogP contribution is -2.39. The lowest BCUT2D eigenvalue weighted by atomic mass is 10.1. The van der Waals surface area contributed by atoms with Gasteiger partial charge in [-0.05, 0) is 41.6 Å². The molecule has 1 aromatic heterocycles. The molecule has 5 amide bonds. The number of ether oxygens (including phenoxy) is 1. The van der Waals surface area contributed by atoms with E-state index in [1.54, 1.807) is 29.4 Å². The van der Waals surface area contributed by atoms with E-state index in [-0.39, 0.29) is 22.3 Å². The Morgan fingerprint density at radius 1 is 1.06 bits per heavy atom. The number of amides is 5. The normalized spacial score (nSPS) is 19.5. The Kier molecular flexibility index (Phi) is 7.50. The van der Waals surface area contributed by atoms with Gasteiger partial charge in [0, 0.05) is 30.1 Å². The highest BCUT2D eigenvalue weighted by Gasteiger charge is 2.25. The molecule has 0 aliphatic carbocycles. The van der Waals surface area contributed by atoms with Crippen LogP contribution in [0.3, 0.4) is 0 Å². The number of imide groups is 2. The fourth-order valence-corrected chi connectivity index (χ4v) is 4.43. The van der Waals surface area contributed by atoms with E-state index in [0.717, 1.165) is 40.0 Å². The number of furan rings is 1. The monoisotopic (exact) mass is 501 g/mol.